The summed E-state index contributed by atoms with van der Waals surface area (Å²) in [5.74, 6) is 0. The normalized spacial score (nSPS) is 16.2. The molecule has 0 spiro atoms. The van der Waals surface area contributed by atoms with Gasteiger partial charge in [-0.2, -0.15) is 0 Å². The molecule has 1 N–H and O–H groups in total. The van der Waals surface area contributed by atoms with E-state index < -0.39 is 0 Å². The molecule has 1 fully saturated rings. The summed E-state index contributed by atoms with van der Waals surface area (Å²) in [6, 6.07) is 0. The molecule has 0 unspecified atom stereocenters. The maximum atomic E-state index is 10.0. The molecule has 0 bridgehead atoms. The monoisotopic (exact) mass is 338 g/mol. The minimum atomic E-state index is -0.241. The Bertz CT molecular complexity index is 257. The first-order valence-corrected chi connectivity index (χ1v) is 11.5. The fourth-order valence-corrected chi connectivity index (χ4v) is 4.01. The Balaban J connectivity index is 1.65. The van der Waals surface area contributed by atoms with Crippen LogP contribution in [0.3, 0.4) is 0 Å². The molecule has 1 aliphatic carbocycles. The Morgan fingerprint density at radius 1 is 0.542 bits per heavy atom. The third-order valence-corrected chi connectivity index (χ3v) is 6.03. The van der Waals surface area contributed by atoms with Crippen LogP contribution in [0.15, 0.2) is 0 Å². The predicted octanol–water partition coefficient (Wildman–Crippen LogP) is 7.94. The molecule has 1 aliphatic rings. The van der Waals surface area contributed by atoms with Gasteiger partial charge in [-0.15, -0.1) is 0 Å². The zero-order chi connectivity index (χ0) is 17.3. The Kier molecular flexibility index (Phi) is 14.0. The Hall–Kier alpha value is -0.0400. The Labute approximate surface area is 153 Å². The van der Waals surface area contributed by atoms with Gasteiger partial charge in [-0.25, -0.2) is 0 Å². The summed E-state index contributed by atoms with van der Waals surface area (Å²) in [4.78, 5) is 0. The third kappa shape index (κ3) is 12.3. The first-order chi connectivity index (χ1) is 11.8. The van der Waals surface area contributed by atoms with Crippen LogP contribution in [-0.4, -0.2) is 10.7 Å². The van der Waals surface area contributed by atoms with Gasteiger partial charge in [0.2, 0.25) is 0 Å². The maximum Gasteiger partial charge on any atom is 0.0647 e. The van der Waals surface area contributed by atoms with E-state index in [0.29, 0.717) is 0 Å². The van der Waals surface area contributed by atoms with E-state index in [1.165, 1.54) is 116 Å². The molecule has 0 aromatic carbocycles. The van der Waals surface area contributed by atoms with E-state index in [1.54, 1.807) is 0 Å². The van der Waals surface area contributed by atoms with Gasteiger partial charge in [-0.1, -0.05) is 116 Å². The van der Waals surface area contributed by atoms with E-state index in [-0.39, 0.29) is 5.60 Å². The van der Waals surface area contributed by atoms with Gasteiger partial charge in [0, 0.05) is 0 Å². The molecule has 1 nitrogen and oxygen atoms in total. The summed E-state index contributed by atoms with van der Waals surface area (Å²) in [6.07, 6.45) is 28.7. The van der Waals surface area contributed by atoms with Crippen molar-refractivity contribution in [1.29, 1.82) is 0 Å². The lowest BCUT2D eigenvalue weighted by Crippen LogP contribution is -2.36. The van der Waals surface area contributed by atoms with Crippen LogP contribution in [0.2, 0.25) is 0 Å². The fourth-order valence-electron chi connectivity index (χ4n) is 4.01. The third-order valence-electron chi connectivity index (χ3n) is 6.03. The molecular formula is C23H46O. The molecule has 0 radical (unpaired) electrons. The number of rotatable bonds is 18. The van der Waals surface area contributed by atoms with Gasteiger partial charge in [0.05, 0.1) is 5.60 Å². The van der Waals surface area contributed by atoms with Gasteiger partial charge in [0.1, 0.15) is 0 Å². The Morgan fingerprint density at radius 2 is 0.875 bits per heavy atom. The summed E-state index contributed by atoms with van der Waals surface area (Å²) in [7, 11) is 0. The first kappa shape index (κ1) is 22.0. The second-order valence-corrected chi connectivity index (χ2v) is 8.48. The molecule has 1 heteroatoms. The molecule has 0 aromatic rings. The summed E-state index contributed by atoms with van der Waals surface area (Å²) < 4.78 is 0. The molecule has 0 saturated heterocycles. The Morgan fingerprint density at radius 3 is 1.17 bits per heavy atom. The van der Waals surface area contributed by atoms with Gasteiger partial charge in [0.25, 0.3) is 0 Å². The second kappa shape index (κ2) is 15.2. The molecule has 0 atom stereocenters. The predicted molar refractivity (Wildman–Crippen MR) is 108 cm³/mol. The lowest BCUT2D eigenvalue weighted by molar-refractivity contribution is -0.0419. The number of hydrogen-bond acceptors (Lipinski definition) is 1. The van der Waals surface area contributed by atoms with Crippen LogP contribution in [0.25, 0.3) is 0 Å². The van der Waals surface area contributed by atoms with Gasteiger partial charge < -0.3 is 5.11 Å². The van der Waals surface area contributed by atoms with E-state index in [4.69, 9.17) is 0 Å². The summed E-state index contributed by atoms with van der Waals surface area (Å²) >= 11 is 0. The van der Waals surface area contributed by atoms with E-state index in [0.717, 1.165) is 19.3 Å². The molecule has 0 aromatic heterocycles. The zero-order valence-electron chi connectivity index (χ0n) is 16.8. The number of unbranched alkanes of at least 4 members (excludes halogenated alkanes) is 16. The van der Waals surface area contributed by atoms with Crippen LogP contribution < -0.4 is 0 Å². The minimum Gasteiger partial charge on any atom is -0.390 e. The standard InChI is InChI=1S/C23H46O/c1-2-3-4-5-6-7-8-9-10-11-12-13-14-15-16-17-18-20-23(24)21-19-22-23/h24H,2-22H2,1H3. The van der Waals surface area contributed by atoms with Gasteiger partial charge >= 0.3 is 0 Å². The lowest BCUT2D eigenvalue weighted by atomic mass is 9.77. The summed E-state index contributed by atoms with van der Waals surface area (Å²) in [5.41, 5.74) is -0.241. The highest BCUT2D eigenvalue weighted by Gasteiger charge is 2.33. The minimum absolute atomic E-state index is 0.241. The van der Waals surface area contributed by atoms with Crippen molar-refractivity contribution in [3.8, 4) is 0 Å². The smallest absolute Gasteiger partial charge is 0.0647 e. The SMILES string of the molecule is CCCCCCCCCCCCCCCCCCCC1(O)CCC1. The molecule has 1 rings (SSSR count). The largest absolute Gasteiger partial charge is 0.390 e. The number of aliphatic hydroxyl groups is 1. The highest BCUT2D eigenvalue weighted by Crippen LogP contribution is 2.36. The maximum absolute atomic E-state index is 10.0. The van der Waals surface area contributed by atoms with Crippen LogP contribution in [0.1, 0.15) is 142 Å². The highest BCUT2D eigenvalue weighted by molar-refractivity contribution is 4.86. The lowest BCUT2D eigenvalue weighted by Gasteiger charge is -2.36. The quantitative estimate of drug-likeness (QED) is 0.251. The van der Waals surface area contributed by atoms with Crippen molar-refractivity contribution < 1.29 is 5.11 Å². The van der Waals surface area contributed by atoms with Crippen LogP contribution >= 0.6 is 0 Å². The van der Waals surface area contributed by atoms with Crippen molar-refractivity contribution in [1.82, 2.24) is 0 Å². The van der Waals surface area contributed by atoms with Crippen LogP contribution in [0.5, 0.6) is 0 Å². The molecule has 0 amide bonds. The van der Waals surface area contributed by atoms with Crippen molar-refractivity contribution in [3.63, 3.8) is 0 Å². The van der Waals surface area contributed by atoms with Gasteiger partial charge in [-0.05, 0) is 25.7 Å². The van der Waals surface area contributed by atoms with Crippen molar-refractivity contribution in [2.24, 2.45) is 0 Å². The molecule has 144 valence electrons. The van der Waals surface area contributed by atoms with Crippen LogP contribution in [-0.2, 0) is 0 Å². The molecule has 0 heterocycles. The molecular weight excluding hydrogens is 292 g/mol. The molecule has 0 aliphatic heterocycles. The topological polar surface area (TPSA) is 20.2 Å². The van der Waals surface area contributed by atoms with Crippen molar-refractivity contribution in [2.75, 3.05) is 0 Å². The molecule has 24 heavy (non-hydrogen) atoms. The average molecular weight is 339 g/mol. The van der Waals surface area contributed by atoms with Gasteiger partial charge in [0.15, 0.2) is 0 Å². The van der Waals surface area contributed by atoms with E-state index in [1.807, 2.05) is 0 Å². The van der Waals surface area contributed by atoms with Crippen molar-refractivity contribution in [3.05, 3.63) is 0 Å². The molecule has 1 saturated carbocycles. The fraction of sp³-hybridized carbons (Fsp3) is 1.00. The van der Waals surface area contributed by atoms with Crippen LogP contribution in [0.4, 0.5) is 0 Å². The van der Waals surface area contributed by atoms with Crippen molar-refractivity contribution in [2.45, 2.75) is 147 Å². The average Bonchev–Trinajstić information content (AvgIpc) is 2.56. The summed E-state index contributed by atoms with van der Waals surface area (Å²) in [5, 5.41) is 10.0. The highest BCUT2D eigenvalue weighted by atomic mass is 16.3. The summed E-state index contributed by atoms with van der Waals surface area (Å²) in [6.45, 7) is 2.29. The van der Waals surface area contributed by atoms with Gasteiger partial charge in [-0.3, -0.25) is 0 Å². The zero-order valence-corrected chi connectivity index (χ0v) is 16.8. The van der Waals surface area contributed by atoms with E-state index >= 15 is 0 Å². The number of hydrogen-bond donors (Lipinski definition) is 1. The van der Waals surface area contributed by atoms with E-state index in [9.17, 15) is 5.11 Å². The van der Waals surface area contributed by atoms with Crippen molar-refractivity contribution >= 4 is 0 Å². The second-order valence-electron chi connectivity index (χ2n) is 8.48. The first-order valence-electron chi connectivity index (χ1n) is 11.5. The van der Waals surface area contributed by atoms with E-state index in [2.05, 4.69) is 6.92 Å². The van der Waals surface area contributed by atoms with Crippen LogP contribution in [0, 0.1) is 0 Å².